The van der Waals surface area contributed by atoms with Gasteiger partial charge >= 0.3 is 0 Å². The number of fused-ring (bicyclic) bond motifs is 3. The molecule has 1 amide bonds. The quantitative estimate of drug-likeness (QED) is 0.180. The highest BCUT2D eigenvalue weighted by Gasteiger charge is 2.53. The molecule has 1 saturated carbocycles. The van der Waals surface area contributed by atoms with E-state index >= 15 is 0 Å². The fraction of sp³-hybridized carbons (Fsp3) is 0.765. The highest BCUT2D eigenvalue weighted by Crippen LogP contribution is 2.38. The number of methoxy groups -OCH3 is 3. The van der Waals surface area contributed by atoms with Crippen molar-refractivity contribution in [1.82, 2.24) is 4.90 Å². The molecule has 3 heterocycles. The first-order chi connectivity index (χ1) is 30.7. The predicted octanol–water partition coefficient (Wildman–Crippen LogP) is 5.97. The van der Waals surface area contributed by atoms with E-state index in [1.54, 1.807) is 41.1 Å². The van der Waals surface area contributed by atoms with Crippen LogP contribution in [0.4, 0.5) is 0 Å². The van der Waals surface area contributed by atoms with E-state index in [2.05, 4.69) is 0 Å². The summed E-state index contributed by atoms with van der Waals surface area (Å²) in [4.78, 5) is 57.6. The molecule has 1 aliphatic carbocycles. The number of Topliss-reactive ketones (excluding diaryl/α,β-unsaturated/α-hetero) is 3. The van der Waals surface area contributed by atoms with Crippen LogP contribution >= 0.6 is 0 Å². The lowest BCUT2D eigenvalue weighted by Gasteiger charge is -2.44. The number of allylic oxidation sites excluding steroid dienone is 6. The van der Waals surface area contributed by atoms with E-state index in [1.165, 1.54) is 12.0 Å². The molecule has 2 bridgehead atoms. The van der Waals surface area contributed by atoms with Gasteiger partial charge in [0.05, 0.1) is 36.6 Å². The molecule has 14 nitrogen and oxygen atoms in total. The average Bonchev–Trinajstić information content (AvgIpc) is 3.28. The first-order valence-corrected chi connectivity index (χ1v) is 24.1. The van der Waals surface area contributed by atoms with Gasteiger partial charge in [0.15, 0.2) is 12.1 Å². The third-order valence-corrected chi connectivity index (χ3v) is 14.6. The fourth-order valence-electron chi connectivity index (χ4n) is 10.3. The zero-order valence-electron chi connectivity index (χ0n) is 40.7. The molecule has 65 heavy (non-hydrogen) atoms. The maximum atomic E-state index is 14.3. The van der Waals surface area contributed by atoms with Crippen molar-refractivity contribution in [2.75, 3.05) is 27.9 Å². The summed E-state index contributed by atoms with van der Waals surface area (Å²) in [5.74, 6) is -6.87. The fourth-order valence-corrected chi connectivity index (χ4v) is 10.3. The molecular formula is C51H81NO13. The van der Waals surface area contributed by atoms with Gasteiger partial charge < -0.3 is 49.0 Å². The van der Waals surface area contributed by atoms with Crippen molar-refractivity contribution in [3.8, 4) is 0 Å². The van der Waals surface area contributed by atoms with E-state index in [4.69, 9.17) is 23.7 Å². The van der Waals surface area contributed by atoms with Gasteiger partial charge in [-0.2, -0.15) is 0 Å². The van der Waals surface area contributed by atoms with Crippen molar-refractivity contribution in [1.29, 1.82) is 0 Å². The van der Waals surface area contributed by atoms with E-state index in [-0.39, 0.29) is 48.4 Å². The number of piperidine rings is 1. The lowest BCUT2D eigenvalue weighted by Crippen LogP contribution is -2.61. The zero-order valence-corrected chi connectivity index (χ0v) is 40.7. The number of nitrogens with zero attached hydrogens (tertiary/aromatic N) is 1. The van der Waals surface area contributed by atoms with E-state index in [9.17, 15) is 39.6 Å². The molecule has 368 valence electrons. The lowest BCUT2D eigenvalue weighted by molar-refractivity contribution is -0.266. The first-order valence-electron chi connectivity index (χ1n) is 24.1. The minimum Gasteiger partial charge on any atom is -0.390 e. The summed E-state index contributed by atoms with van der Waals surface area (Å²) < 4.78 is 29.6. The van der Waals surface area contributed by atoms with Crippen molar-refractivity contribution in [2.24, 2.45) is 35.5 Å². The van der Waals surface area contributed by atoms with Gasteiger partial charge in [0, 0.05) is 58.5 Å². The first kappa shape index (κ1) is 54.7. The van der Waals surface area contributed by atoms with E-state index in [0.717, 1.165) is 12.0 Å². The molecule has 2 unspecified atom stereocenters. The number of aliphatic hydroxyl groups excluding tert-OH is 3. The number of rotatable bonds is 6. The van der Waals surface area contributed by atoms with Crippen molar-refractivity contribution in [2.45, 2.75) is 186 Å². The summed E-state index contributed by atoms with van der Waals surface area (Å²) in [5, 5.41) is 45.8. The summed E-state index contributed by atoms with van der Waals surface area (Å²) >= 11 is 0. The van der Waals surface area contributed by atoms with E-state index < -0.39 is 84.2 Å². The van der Waals surface area contributed by atoms with Crippen molar-refractivity contribution < 1.29 is 63.3 Å². The monoisotopic (exact) mass is 916 g/mol. The molecule has 4 aliphatic rings. The van der Waals surface area contributed by atoms with E-state index in [1.807, 2.05) is 58.1 Å². The van der Waals surface area contributed by atoms with Gasteiger partial charge in [0.25, 0.3) is 11.7 Å². The third kappa shape index (κ3) is 14.5. The van der Waals surface area contributed by atoms with Gasteiger partial charge in [-0.15, -0.1) is 0 Å². The van der Waals surface area contributed by atoms with Gasteiger partial charge in [-0.3, -0.25) is 19.2 Å². The molecule has 0 radical (unpaired) electrons. The number of hydrogen-bond donors (Lipinski definition) is 4. The Kier molecular flexibility index (Phi) is 21.4. The Morgan fingerprint density at radius 2 is 1.57 bits per heavy atom. The Hall–Kier alpha value is -2.92. The number of carbonyl (C=O) groups is 4. The maximum Gasteiger partial charge on any atom is 0.296 e. The summed E-state index contributed by atoms with van der Waals surface area (Å²) in [6, 6.07) is -0.945. The molecule has 3 aliphatic heterocycles. The van der Waals surface area contributed by atoms with Crippen LogP contribution in [0.25, 0.3) is 0 Å². The smallest absolute Gasteiger partial charge is 0.296 e. The number of ether oxygens (including phenoxy) is 5. The number of hydrogen-bond acceptors (Lipinski definition) is 13. The molecule has 0 spiro atoms. The second kappa shape index (κ2) is 25.4. The second-order valence-corrected chi connectivity index (χ2v) is 19.7. The molecule has 4 rings (SSSR count). The number of amides is 1. The van der Waals surface area contributed by atoms with E-state index in [0.29, 0.717) is 69.8 Å². The van der Waals surface area contributed by atoms with Crippen molar-refractivity contribution >= 4 is 23.3 Å². The maximum absolute atomic E-state index is 14.3. The van der Waals surface area contributed by atoms with Crippen molar-refractivity contribution in [3.05, 3.63) is 47.6 Å². The van der Waals surface area contributed by atoms with Gasteiger partial charge in [-0.1, -0.05) is 71.1 Å². The van der Waals surface area contributed by atoms with Crippen LogP contribution in [0, 0.1) is 35.5 Å². The topological polar surface area (TPSA) is 199 Å². The summed E-state index contributed by atoms with van der Waals surface area (Å²) in [7, 11) is 4.55. The van der Waals surface area contributed by atoms with Crippen LogP contribution in [0.2, 0.25) is 0 Å². The molecule has 0 aromatic rings. The zero-order chi connectivity index (χ0) is 48.2. The van der Waals surface area contributed by atoms with Crippen LogP contribution in [0.15, 0.2) is 47.6 Å². The highest BCUT2D eigenvalue weighted by atomic mass is 16.6. The molecule has 14 heteroatoms. The summed E-state index contributed by atoms with van der Waals surface area (Å²) in [6.45, 7) is 12.9. The highest BCUT2D eigenvalue weighted by molar-refractivity contribution is 6.38. The molecular weight excluding hydrogens is 835 g/mol. The van der Waals surface area contributed by atoms with Gasteiger partial charge in [0.1, 0.15) is 18.0 Å². The SMILES string of the molecule is CO[C@H]1C[C@@H]2CC[C@@H](C)[C@@](O)(O2)C(=O)C(=O)N2CCCCC2C(O)O[C@H]([C@H](C)C[C@@H]2CC[C@H](O)[C@H](OC)C2)CC(=O)[C@H](C)/C=C(\C)[C@@H](O)[C@H](OC)C(=O)[C@H](C)C[C@H](C)/C=C/C=C/C=C/1C. The largest absolute Gasteiger partial charge is 0.390 e. The minimum absolute atomic E-state index is 0.0255. The van der Waals surface area contributed by atoms with Gasteiger partial charge in [-0.05, 0) is 107 Å². The normalized spacial score (nSPS) is 41.7. The van der Waals surface area contributed by atoms with Gasteiger partial charge in [0.2, 0.25) is 5.79 Å². The van der Waals surface area contributed by atoms with Crippen LogP contribution in [0.3, 0.4) is 0 Å². The standard InChI is InChI=1S/C51H81NO13/c1-30-16-12-11-13-17-31(2)42(61-8)28-38-21-19-36(7)51(60,65-38)48(57)49(58)52-23-15-14-18-39(52)50(59)64-43(33(4)26-37-20-22-40(53)44(27-37)62-9)29-41(54)32(3)25-35(6)46(56)47(63-10)45(55)34(5)24-30/h11-13,16-17,25,30,32-34,36-40,42-44,46-47,50,53,56,59-60H,14-15,18-24,26-29H2,1-10H3/b13-11+,16-12+,31-17+,35-25+/t30-,32-,33-,34-,36-,37+,38+,39?,40+,42+,43+,44-,46-,47-,50?,51-/m1/s1. The molecule has 2 saturated heterocycles. The Morgan fingerprint density at radius 1 is 0.846 bits per heavy atom. The van der Waals surface area contributed by atoms with Crippen LogP contribution in [0.5, 0.6) is 0 Å². The van der Waals surface area contributed by atoms with Crippen LogP contribution in [0.1, 0.15) is 126 Å². The predicted molar refractivity (Wildman–Crippen MR) is 246 cm³/mol. The van der Waals surface area contributed by atoms with Crippen LogP contribution in [-0.2, 0) is 42.9 Å². The summed E-state index contributed by atoms with van der Waals surface area (Å²) in [6.07, 6.45) is 10.3. The number of aliphatic hydroxyl groups is 4. The Bertz CT molecular complexity index is 1710. The molecule has 0 aromatic carbocycles. The van der Waals surface area contributed by atoms with Crippen LogP contribution < -0.4 is 0 Å². The molecule has 3 fully saturated rings. The second-order valence-electron chi connectivity index (χ2n) is 19.7. The number of ketones is 3. The van der Waals surface area contributed by atoms with Gasteiger partial charge in [-0.25, -0.2) is 0 Å². The Balaban J connectivity index is 1.70. The average molecular weight is 916 g/mol. The minimum atomic E-state index is -2.40. The molecule has 16 atom stereocenters. The van der Waals surface area contributed by atoms with Crippen LogP contribution in [-0.4, -0.2) is 137 Å². The number of carbonyl (C=O) groups excluding carboxylic acids is 4. The Morgan fingerprint density at radius 3 is 2.25 bits per heavy atom. The molecule has 0 aromatic heterocycles. The Labute approximate surface area is 387 Å². The third-order valence-electron chi connectivity index (χ3n) is 14.6. The van der Waals surface area contributed by atoms with Crippen molar-refractivity contribution in [3.63, 3.8) is 0 Å². The lowest BCUT2D eigenvalue weighted by atomic mass is 9.78. The summed E-state index contributed by atoms with van der Waals surface area (Å²) in [5.41, 5.74) is 1.29. The molecule has 4 N–H and O–H groups in total.